The number of nitrogens with zero attached hydrogens (tertiary/aromatic N) is 3. The molecule has 1 aliphatic rings. The lowest BCUT2D eigenvalue weighted by Gasteiger charge is -2.09. The van der Waals surface area contributed by atoms with Crippen LogP contribution in [-0.4, -0.2) is 19.5 Å². The first-order valence-corrected chi connectivity index (χ1v) is 6.29. The topological polar surface area (TPSA) is 48.2 Å². The fourth-order valence-corrected chi connectivity index (χ4v) is 2.60. The molecule has 0 radical (unpaired) electrons. The van der Waals surface area contributed by atoms with Gasteiger partial charge < -0.3 is 10.3 Å². The van der Waals surface area contributed by atoms with Gasteiger partial charge in [0.05, 0.1) is 5.69 Å². The maximum Gasteiger partial charge on any atom is 0.214 e. The van der Waals surface area contributed by atoms with Crippen molar-refractivity contribution in [3.05, 3.63) is 23.3 Å². The van der Waals surface area contributed by atoms with E-state index in [0.29, 0.717) is 0 Å². The van der Waals surface area contributed by atoms with E-state index in [1.54, 1.807) is 0 Å². The Hall–Kier alpha value is -1.29. The van der Waals surface area contributed by atoms with E-state index in [2.05, 4.69) is 34.1 Å². The van der Waals surface area contributed by atoms with E-state index in [0.717, 1.165) is 24.3 Å². The summed E-state index contributed by atoms with van der Waals surface area (Å²) in [5.41, 5.74) is 10.0. The predicted molar refractivity (Wildman–Crippen MR) is 68.1 cm³/mol. The average Bonchev–Trinajstić information content (AvgIpc) is 2.81. The Morgan fingerprint density at radius 3 is 2.71 bits per heavy atom. The van der Waals surface area contributed by atoms with Gasteiger partial charge in [-0.2, -0.15) is 0 Å². The van der Waals surface area contributed by atoms with Crippen molar-refractivity contribution in [2.45, 2.75) is 45.1 Å². The molecule has 0 amide bonds. The third kappa shape index (κ3) is 1.67. The van der Waals surface area contributed by atoms with E-state index in [9.17, 15) is 0 Å². The zero-order chi connectivity index (χ0) is 12.2. The summed E-state index contributed by atoms with van der Waals surface area (Å²) in [5, 5.41) is 0. The van der Waals surface area contributed by atoms with Gasteiger partial charge in [0.2, 0.25) is 5.78 Å². The molecule has 0 atom stereocenters. The minimum atomic E-state index is 0.134. The Labute approximate surface area is 101 Å². The van der Waals surface area contributed by atoms with Crippen molar-refractivity contribution < 1.29 is 0 Å². The van der Waals surface area contributed by atoms with E-state index < -0.39 is 0 Å². The van der Waals surface area contributed by atoms with Crippen LogP contribution in [0.25, 0.3) is 5.78 Å². The number of aromatic nitrogens is 3. The van der Waals surface area contributed by atoms with Crippen LogP contribution in [0.5, 0.6) is 0 Å². The molecule has 17 heavy (non-hydrogen) atoms. The van der Waals surface area contributed by atoms with E-state index in [4.69, 9.17) is 5.73 Å². The molecule has 0 saturated heterocycles. The molecule has 0 spiro atoms. The van der Waals surface area contributed by atoms with Crippen LogP contribution in [0.2, 0.25) is 0 Å². The minimum Gasteiger partial charge on any atom is -0.325 e. The van der Waals surface area contributed by atoms with Gasteiger partial charge >= 0.3 is 0 Å². The molecule has 4 heteroatoms. The van der Waals surface area contributed by atoms with Gasteiger partial charge in [0.1, 0.15) is 0 Å². The highest BCUT2D eigenvalue weighted by molar-refractivity contribution is 5.40. The van der Waals surface area contributed by atoms with E-state index >= 15 is 0 Å². The lowest BCUT2D eigenvalue weighted by atomic mass is 10.1. The van der Waals surface area contributed by atoms with Crippen molar-refractivity contribution >= 4 is 5.78 Å². The summed E-state index contributed by atoms with van der Waals surface area (Å²) in [6.07, 6.45) is 6.62. The van der Waals surface area contributed by atoms with E-state index in [1.807, 2.05) is 6.92 Å². The summed E-state index contributed by atoms with van der Waals surface area (Å²) in [6, 6.07) is 0. The van der Waals surface area contributed by atoms with Crippen LogP contribution in [0.15, 0.2) is 6.20 Å². The first-order chi connectivity index (χ1) is 8.00. The van der Waals surface area contributed by atoms with Gasteiger partial charge in [-0.25, -0.2) is 4.98 Å². The van der Waals surface area contributed by atoms with Gasteiger partial charge in [-0.15, -0.1) is 0 Å². The number of nitrogens with two attached hydrogens (primary N) is 1. The summed E-state index contributed by atoms with van der Waals surface area (Å²) in [4.78, 5) is 4.55. The van der Waals surface area contributed by atoms with Crippen molar-refractivity contribution in [1.82, 2.24) is 14.0 Å². The molecule has 2 N–H and O–H groups in total. The number of hydrogen-bond donors (Lipinski definition) is 1. The number of aryl methyl sites for hydroxylation is 3. The molecule has 2 aromatic heterocycles. The number of imidazole rings is 2. The number of hydrogen-bond acceptors (Lipinski definition) is 2. The van der Waals surface area contributed by atoms with Gasteiger partial charge in [0, 0.05) is 30.2 Å². The first-order valence-electron chi connectivity index (χ1n) is 6.29. The highest BCUT2D eigenvalue weighted by atomic mass is 15.2. The van der Waals surface area contributed by atoms with Gasteiger partial charge in [0.15, 0.2) is 0 Å². The van der Waals surface area contributed by atoms with Gasteiger partial charge in [-0.1, -0.05) is 0 Å². The molecule has 92 valence electrons. The third-order valence-electron chi connectivity index (χ3n) is 4.04. The number of rotatable bonds is 3. The van der Waals surface area contributed by atoms with Crippen molar-refractivity contribution in [2.75, 3.05) is 0 Å². The summed E-state index contributed by atoms with van der Waals surface area (Å²) in [6.45, 7) is 4.20. The lowest BCUT2D eigenvalue weighted by molar-refractivity contribution is 0.593. The van der Waals surface area contributed by atoms with Crippen LogP contribution in [0.3, 0.4) is 0 Å². The lowest BCUT2D eigenvalue weighted by Crippen LogP contribution is -2.22. The molecule has 1 fully saturated rings. The molecule has 0 aliphatic heterocycles. The maximum absolute atomic E-state index is 6.16. The fourth-order valence-electron chi connectivity index (χ4n) is 2.60. The second-order valence-corrected chi connectivity index (χ2v) is 5.51. The van der Waals surface area contributed by atoms with Crippen LogP contribution in [0.1, 0.15) is 36.3 Å². The Kier molecular flexibility index (Phi) is 2.14. The standard InChI is InChI=1S/C13H20N4/c1-9-8-17-10(2)11(16(3)12(17)15-9)4-5-13(14)6-7-13/h8H,4-7,14H2,1-3H3. The molecule has 4 nitrogen and oxygen atoms in total. The zero-order valence-corrected chi connectivity index (χ0v) is 10.8. The average molecular weight is 232 g/mol. The van der Waals surface area contributed by atoms with Crippen molar-refractivity contribution in [3.63, 3.8) is 0 Å². The fraction of sp³-hybridized carbons (Fsp3) is 0.615. The smallest absolute Gasteiger partial charge is 0.214 e. The summed E-state index contributed by atoms with van der Waals surface area (Å²) in [5.74, 6) is 1.04. The molecule has 2 aromatic rings. The van der Waals surface area contributed by atoms with Crippen LogP contribution in [0.4, 0.5) is 0 Å². The summed E-state index contributed by atoms with van der Waals surface area (Å²) < 4.78 is 4.38. The number of fused-ring (bicyclic) bond motifs is 1. The molecule has 0 bridgehead atoms. The van der Waals surface area contributed by atoms with Crippen molar-refractivity contribution in [1.29, 1.82) is 0 Å². The highest BCUT2D eigenvalue weighted by Crippen LogP contribution is 2.36. The normalized spacial score (nSPS) is 17.9. The summed E-state index contributed by atoms with van der Waals surface area (Å²) in [7, 11) is 2.10. The molecule has 0 aromatic carbocycles. The Morgan fingerprint density at radius 2 is 2.12 bits per heavy atom. The van der Waals surface area contributed by atoms with Gasteiger partial charge in [-0.05, 0) is 39.5 Å². The second-order valence-electron chi connectivity index (χ2n) is 5.51. The summed E-state index contributed by atoms with van der Waals surface area (Å²) >= 11 is 0. The highest BCUT2D eigenvalue weighted by Gasteiger charge is 2.37. The molecule has 3 rings (SSSR count). The molecule has 1 aliphatic carbocycles. The molecular formula is C13H20N4. The van der Waals surface area contributed by atoms with Crippen LogP contribution >= 0.6 is 0 Å². The van der Waals surface area contributed by atoms with Crippen molar-refractivity contribution in [2.24, 2.45) is 12.8 Å². The zero-order valence-electron chi connectivity index (χ0n) is 10.8. The second kappa shape index (κ2) is 3.35. The Morgan fingerprint density at radius 1 is 1.41 bits per heavy atom. The van der Waals surface area contributed by atoms with Crippen LogP contribution in [0, 0.1) is 13.8 Å². The third-order valence-corrected chi connectivity index (χ3v) is 4.04. The molecule has 1 saturated carbocycles. The Balaban J connectivity index is 1.95. The van der Waals surface area contributed by atoms with E-state index in [-0.39, 0.29) is 5.54 Å². The Bertz CT molecular complexity index is 534. The van der Waals surface area contributed by atoms with Gasteiger partial charge in [-0.3, -0.25) is 4.40 Å². The monoisotopic (exact) mass is 232 g/mol. The SMILES string of the molecule is Cc1cn2c(C)c(CCC3(N)CC3)n(C)c2n1. The van der Waals surface area contributed by atoms with Crippen LogP contribution in [-0.2, 0) is 13.5 Å². The minimum absolute atomic E-state index is 0.134. The van der Waals surface area contributed by atoms with Crippen LogP contribution < -0.4 is 5.73 Å². The largest absolute Gasteiger partial charge is 0.325 e. The first kappa shape index (κ1) is 10.8. The molecular weight excluding hydrogens is 212 g/mol. The maximum atomic E-state index is 6.16. The predicted octanol–water partition coefficient (Wildman–Crippen LogP) is 1.71. The quantitative estimate of drug-likeness (QED) is 0.876. The van der Waals surface area contributed by atoms with Crippen molar-refractivity contribution in [3.8, 4) is 0 Å². The van der Waals surface area contributed by atoms with Gasteiger partial charge in [0.25, 0.3) is 0 Å². The molecule has 2 heterocycles. The van der Waals surface area contributed by atoms with E-state index in [1.165, 1.54) is 24.2 Å². The molecule has 0 unspecified atom stereocenters.